The summed E-state index contributed by atoms with van der Waals surface area (Å²) < 4.78 is 4.94. The van der Waals surface area contributed by atoms with Crippen LogP contribution < -0.4 is 0 Å². The molecule has 0 saturated heterocycles. The van der Waals surface area contributed by atoms with Crippen LogP contribution in [-0.4, -0.2) is 18.4 Å². The van der Waals surface area contributed by atoms with E-state index in [-0.39, 0.29) is 18.8 Å². The zero-order chi connectivity index (χ0) is 14.3. The molecule has 0 aliphatic carbocycles. The molecular formula is C16H18O3. The van der Waals surface area contributed by atoms with E-state index in [4.69, 9.17) is 4.74 Å². The Kier molecular flexibility index (Phi) is 5.32. The first-order valence-electron chi connectivity index (χ1n) is 6.23. The van der Waals surface area contributed by atoms with Crippen molar-refractivity contribution in [2.75, 3.05) is 6.61 Å². The predicted molar refractivity (Wildman–Crippen MR) is 73.4 cm³/mol. The van der Waals surface area contributed by atoms with Gasteiger partial charge < -0.3 is 4.74 Å². The molecule has 1 aromatic rings. The molecule has 1 aromatic carbocycles. The zero-order valence-corrected chi connectivity index (χ0v) is 11.5. The van der Waals surface area contributed by atoms with Gasteiger partial charge in [-0.3, -0.25) is 9.59 Å². The maximum atomic E-state index is 11.8. The highest BCUT2D eigenvalue weighted by Crippen LogP contribution is 2.24. The van der Waals surface area contributed by atoms with E-state index in [0.717, 1.165) is 5.56 Å². The van der Waals surface area contributed by atoms with Gasteiger partial charge in [0.1, 0.15) is 11.2 Å². The Hall–Kier alpha value is -2.08. The van der Waals surface area contributed by atoms with Gasteiger partial charge in [0.05, 0.1) is 6.61 Å². The van der Waals surface area contributed by atoms with E-state index >= 15 is 0 Å². The number of carbonyl (C=O) groups excluding carboxylic acids is 2. The first kappa shape index (κ1) is 15.0. The van der Waals surface area contributed by atoms with Gasteiger partial charge in [-0.15, -0.1) is 0 Å². The number of esters is 1. The number of benzene rings is 1. The van der Waals surface area contributed by atoms with Gasteiger partial charge >= 0.3 is 5.97 Å². The first-order chi connectivity index (χ1) is 9.00. The normalized spacial score (nSPS) is 12.8. The van der Waals surface area contributed by atoms with E-state index in [0.29, 0.717) is 0 Å². The Balaban J connectivity index is 2.84. The maximum Gasteiger partial charge on any atom is 0.320 e. The van der Waals surface area contributed by atoms with Crippen molar-refractivity contribution in [3.05, 3.63) is 35.9 Å². The molecule has 0 heterocycles. The molecule has 0 bridgehead atoms. The van der Waals surface area contributed by atoms with Crippen molar-refractivity contribution in [1.29, 1.82) is 0 Å². The van der Waals surface area contributed by atoms with Gasteiger partial charge in [0.25, 0.3) is 0 Å². The lowest BCUT2D eigenvalue weighted by Gasteiger charge is -2.21. The molecule has 0 saturated carbocycles. The minimum Gasteiger partial charge on any atom is -0.465 e. The molecule has 3 nitrogen and oxygen atoms in total. The van der Waals surface area contributed by atoms with Crippen LogP contribution in [-0.2, 0) is 14.3 Å². The molecule has 0 amide bonds. The molecule has 0 fully saturated rings. The number of carbonyl (C=O) groups is 2. The highest BCUT2D eigenvalue weighted by Gasteiger charge is 2.39. The van der Waals surface area contributed by atoms with Crippen LogP contribution in [0, 0.1) is 17.3 Å². The molecule has 0 N–H and O–H groups in total. The summed E-state index contributed by atoms with van der Waals surface area (Å²) in [5.41, 5.74) is -0.324. The molecule has 0 aliphatic heterocycles. The molecule has 0 spiro atoms. The van der Waals surface area contributed by atoms with Crippen molar-refractivity contribution in [3.8, 4) is 11.8 Å². The number of ether oxygens (including phenoxy) is 1. The van der Waals surface area contributed by atoms with Gasteiger partial charge in [0.15, 0.2) is 0 Å². The fraction of sp³-hybridized carbons (Fsp3) is 0.375. The van der Waals surface area contributed by atoms with Crippen LogP contribution in [0.15, 0.2) is 30.3 Å². The van der Waals surface area contributed by atoms with E-state index in [1.54, 1.807) is 13.8 Å². The van der Waals surface area contributed by atoms with Crippen molar-refractivity contribution < 1.29 is 14.3 Å². The van der Waals surface area contributed by atoms with Crippen LogP contribution in [0.2, 0.25) is 0 Å². The molecule has 1 rings (SSSR count). The fourth-order valence-electron chi connectivity index (χ4n) is 1.48. The van der Waals surface area contributed by atoms with Crippen LogP contribution >= 0.6 is 0 Å². The summed E-state index contributed by atoms with van der Waals surface area (Å²) in [6.07, 6.45) is 0.163. The van der Waals surface area contributed by atoms with Gasteiger partial charge in [-0.1, -0.05) is 30.0 Å². The summed E-state index contributed by atoms with van der Waals surface area (Å²) in [5.74, 6) is 5.10. The highest BCUT2D eigenvalue weighted by molar-refractivity contribution is 6.02. The van der Waals surface area contributed by atoms with Crippen molar-refractivity contribution in [1.82, 2.24) is 0 Å². The van der Waals surface area contributed by atoms with E-state index in [1.165, 1.54) is 6.92 Å². The quantitative estimate of drug-likeness (QED) is 0.473. The smallest absolute Gasteiger partial charge is 0.320 e. The Morgan fingerprint density at radius 3 is 2.42 bits per heavy atom. The largest absolute Gasteiger partial charge is 0.465 e. The molecule has 0 radical (unpaired) electrons. The summed E-state index contributed by atoms with van der Waals surface area (Å²) in [7, 11) is 0. The Morgan fingerprint density at radius 2 is 1.89 bits per heavy atom. The Morgan fingerprint density at radius 1 is 1.26 bits per heavy atom. The molecule has 0 aliphatic rings. The molecule has 100 valence electrons. The summed E-state index contributed by atoms with van der Waals surface area (Å²) in [6.45, 7) is 4.94. The average Bonchev–Trinajstić information content (AvgIpc) is 2.39. The van der Waals surface area contributed by atoms with Gasteiger partial charge in [0, 0.05) is 12.0 Å². The lowest BCUT2D eigenvalue weighted by molar-refractivity contribution is -0.158. The number of Topliss-reactive ketones (excluding diaryl/α,β-unsaturated/α-hetero) is 1. The molecular weight excluding hydrogens is 240 g/mol. The number of hydrogen-bond donors (Lipinski definition) is 0. The van der Waals surface area contributed by atoms with Crippen LogP contribution in [0.25, 0.3) is 0 Å². The minimum atomic E-state index is -1.18. The molecule has 1 unspecified atom stereocenters. The predicted octanol–water partition coefficient (Wildman–Crippen LogP) is 2.59. The molecule has 1 atom stereocenters. The maximum absolute atomic E-state index is 11.8. The topological polar surface area (TPSA) is 43.4 Å². The average molecular weight is 258 g/mol. The Bertz CT molecular complexity index is 508. The van der Waals surface area contributed by atoms with Crippen molar-refractivity contribution in [2.24, 2.45) is 5.41 Å². The summed E-state index contributed by atoms with van der Waals surface area (Å²) in [5, 5.41) is 0. The van der Waals surface area contributed by atoms with Crippen LogP contribution in [0.4, 0.5) is 0 Å². The lowest BCUT2D eigenvalue weighted by Crippen LogP contribution is -2.36. The summed E-state index contributed by atoms with van der Waals surface area (Å²) in [4.78, 5) is 23.5. The summed E-state index contributed by atoms with van der Waals surface area (Å²) >= 11 is 0. The SMILES string of the molecule is CCOC(=O)C(C)(CC#Cc1ccccc1)C(C)=O. The van der Waals surface area contributed by atoms with Gasteiger partial charge in [0.2, 0.25) is 0 Å². The van der Waals surface area contributed by atoms with E-state index in [1.807, 2.05) is 30.3 Å². The van der Waals surface area contributed by atoms with Crippen LogP contribution in [0.1, 0.15) is 32.8 Å². The highest BCUT2D eigenvalue weighted by atomic mass is 16.5. The minimum absolute atomic E-state index is 0.163. The molecule has 19 heavy (non-hydrogen) atoms. The van der Waals surface area contributed by atoms with Crippen molar-refractivity contribution in [3.63, 3.8) is 0 Å². The standard InChI is InChI=1S/C16H18O3/c1-4-19-15(18)16(3,13(2)17)12-8-11-14-9-6-5-7-10-14/h5-7,9-10H,4,12H2,1-3H3. The van der Waals surface area contributed by atoms with Gasteiger partial charge in [-0.2, -0.15) is 0 Å². The van der Waals surface area contributed by atoms with Crippen molar-refractivity contribution >= 4 is 11.8 Å². The third-order valence-corrected chi connectivity index (χ3v) is 2.95. The third kappa shape index (κ3) is 3.96. The number of hydrogen-bond acceptors (Lipinski definition) is 3. The monoisotopic (exact) mass is 258 g/mol. The lowest BCUT2D eigenvalue weighted by atomic mass is 9.83. The van der Waals surface area contributed by atoms with Crippen LogP contribution in [0.3, 0.4) is 0 Å². The second-order valence-corrected chi connectivity index (χ2v) is 4.45. The fourth-order valence-corrected chi connectivity index (χ4v) is 1.48. The van der Waals surface area contributed by atoms with E-state index in [2.05, 4.69) is 11.8 Å². The van der Waals surface area contributed by atoms with Gasteiger partial charge in [-0.25, -0.2) is 0 Å². The summed E-state index contributed by atoms with van der Waals surface area (Å²) in [6, 6.07) is 9.44. The van der Waals surface area contributed by atoms with Crippen molar-refractivity contribution in [2.45, 2.75) is 27.2 Å². The first-order valence-corrected chi connectivity index (χ1v) is 6.23. The Labute approximate surface area is 114 Å². The number of ketones is 1. The second-order valence-electron chi connectivity index (χ2n) is 4.45. The van der Waals surface area contributed by atoms with E-state index in [9.17, 15) is 9.59 Å². The third-order valence-electron chi connectivity index (χ3n) is 2.95. The van der Waals surface area contributed by atoms with E-state index < -0.39 is 11.4 Å². The molecule has 3 heteroatoms. The zero-order valence-electron chi connectivity index (χ0n) is 11.5. The number of rotatable bonds is 4. The second kappa shape index (κ2) is 6.75. The molecule has 0 aromatic heterocycles. The van der Waals surface area contributed by atoms with Gasteiger partial charge in [-0.05, 0) is 32.9 Å². The van der Waals surface area contributed by atoms with Crippen LogP contribution in [0.5, 0.6) is 0 Å².